The summed E-state index contributed by atoms with van der Waals surface area (Å²) in [5, 5.41) is 7.72. The smallest absolute Gasteiger partial charge is 0.338 e. The lowest BCUT2D eigenvalue weighted by Gasteiger charge is -2.13. The summed E-state index contributed by atoms with van der Waals surface area (Å²) < 4.78 is 52.5. The van der Waals surface area contributed by atoms with Crippen LogP contribution in [0.2, 0.25) is 0 Å². The van der Waals surface area contributed by atoms with Gasteiger partial charge in [0, 0.05) is 18.3 Å². The van der Waals surface area contributed by atoms with E-state index in [0.29, 0.717) is 31.2 Å². The van der Waals surface area contributed by atoms with E-state index in [-0.39, 0.29) is 17.8 Å². The zero-order chi connectivity index (χ0) is 21.6. The Kier molecular flexibility index (Phi) is 7.19. The number of carbonyl (C=O) groups excluding carboxylic acids is 2. The third-order valence-electron chi connectivity index (χ3n) is 3.86. The standard InChI is InChI=1S/C20H21F4N3O2/c1-12(2)26-19(29)25-10-9-13-3-6-15(7-4-13)27-18(28)16-11-14(21)5-8-17(16)20(22,23)24/h3-8,11-12H,9-10H2,1-2H3,(H,27,28)(H2,25,26,29). The highest BCUT2D eigenvalue weighted by atomic mass is 19.4. The molecule has 2 aromatic carbocycles. The van der Waals surface area contributed by atoms with Gasteiger partial charge in [-0.3, -0.25) is 4.79 Å². The van der Waals surface area contributed by atoms with Gasteiger partial charge in [-0.2, -0.15) is 13.2 Å². The van der Waals surface area contributed by atoms with Gasteiger partial charge in [-0.25, -0.2) is 9.18 Å². The predicted molar refractivity (Wildman–Crippen MR) is 101 cm³/mol. The van der Waals surface area contributed by atoms with E-state index >= 15 is 0 Å². The van der Waals surface area contributed by atoms with Crippen molar-refractivity contribution in [3.05, 3.63) is 65.0 Å². The summed E-state index contributed by atoms with van der Waals surface area (Å²) in [5.41, 5.74) is -0.878. The zero-order valence-electron chi connectivity index (χ0n) is 15.9. The molecule has 0 radical (unpaired) electrons. The Bertz CT molecular complexity index is 865. The second kappa shape index (κ2) is 9.40. The number of halogens is 4. The number of anilines is 1. The molecule has 0 unspecified atom stereocenters. The van der Waals surface area contributed by atoms with Crippen molar-refractivity contribution in [3.63, 3.8) is 0 Å². The highest BCUT2D eigenvalue weighted by Crippen LogP contribution is 2.32. The van der Waals surface area contributed by atoms with Gasteiger partial charge in [0.2, 0.25) is 0 Å². The van der Waals surface area contributed by atoms with Crippen molar-refractivity contribution in [1.29, 1.82) is 0 Å². The van der Waals surface area contributed by atoms with Crippen molar-refractivity contribution in [2.75, 3.05) is 11.9 Å². The van der Waals surface area contributed by atoms with Gasteiger partial charge in [0.05, 0.1) is 11.1 Å². The van der Waals surface area contributed by atoms with Gasteiger partial charge in [-0.15, -0.1) is 0 Å². The fourth-order valence-corrected chi connectivity index (χ4v) is 2.54. The lowest BCUT2D eigenvalue weighted by atomic mass is 10.1. The normalized spacial score (nSPS) is 11.3. The molecule has 2 aromatic rings. The van der Waals surface area contributed by atoms with Gasteiger partial charge in [-0.05, 0) is 56.2 Å². The monoisotopic (exact) mass is 411 g/mol. The first-order chi connectivity index (χ1) is 13.6. The molecule has 0 spiro atoms. The number of rotatable bonds is 6. The molecule has 3 N–H and O–H groups in total. The van der Waals surface area contributed by atoms with E-state index in [2.05, 4.69) is 16.0 Å². The first-order valence-corrected chi connectivity index (χ1v) is 8.87. The Balaban J connectivity index is 1.99. The minimum absolute atomic E-state index is 0.0221. The van der Waals surface area contributed by atoms with Crippen LogP contribution in [0.3, 0.4) is 0 Å². The largest absolute Gasteiger partial charge is 0.417 e. The maximum absolute atomic E-state index is 13.4. The molecule has 156 valence electrons. The van der Waals surface area contributed by atoms with Gasteiger partial charge in [0.15, 0.2) is 0 Å². The van der Waals surface area contributed by atoms with Crippen molar-refractivity contribution < 1.29 is 27.2 Å². The topological polar surface area (TPSA) is 70.2 Å². The molecule has 0 bridgehead atoms. The van der Waals surface area contributed by atoms with Crippen LogP contribution in [0.25, 0.3) is 0 Å². The highest BCUT2D eigenvalue weighted by molar-refractivity contribution is 6.05. The van der Waals surface area contributed by atoms with E-state index in [1.165, 1.54) is 12.1 Å². The maximum atomic E-state index is 13.4. The quantitative estimate of drug-likeness (QED) is 0.619. The minimum Gasteiger partial charge on any atom is -0.338 e. The van der Waals surface area contributed by atoms with Crippen molar-refractivity contribution in [2.45, 2.75) is 32.5 Å². The van der Waals surface area contributed by atoms with Crippen LogP contribution in [0.5, 0.6) is 0 Å². The first-order valence-electron chi connectivity index (χ1n) is 8.87. The summed E-state index contributed by atoms with van der Waals surface area (Å²) in [7, 11) is 0. The summed E-state index contributed by atoms with van der Waals surface area (Å²) in [6, 6.07) is 7.89. The third-order valence-corrected chi connectivity index (χ3v) is 3.86. The molecule has 0 saturated carbocycles. The average molecular weight is 411 g/mol. The Hall–Kier alpha value is -3.10. The molecule has 5 nitrogen and oxygen atoms in total. The van der Waals surface area contributed by atoms with Crippen LogP contribution in [0.4, 0.5) is 28.0 Å². The van der Waals surface area contributed by atoms with Gasteiger partial charge in [0.25, 0.3) is 5.91 Å². The van der Waals surface area contributed by atoms with Gasteiger partial charge >= 0.3 is 12.2 Å². The molecule has 2 rings (SSSR count). The molecule has 0 fully saturated rings. The lowest BCUT2D eigenvalue weighted by molar-refractivity contribution is -0.137. The van der Waals surface area contributed by atoms with Crippen LogP contribution in [-0.4, -0.2) is 24.5 Å². The Morgan fingerprint density at radius 3 is 2.28 bits per heavy atom. The molecule has 0 aliphatic heterocycles. The molecule has 0 aliphatic carbocycles. The number of hydrogen-bond donors (Lipinski definition) is 3. The summed E-state index contributed by atoms with van der Waals surface area (Å²) in [6.45, 7) is 4.07. The van der Waals surface area contributed by atoms with E-state index in [9.17, 15) is 27.2 Å². The number of benzene rings is 2. The fourth-order valence-electron chi connectivity index (χ4n) is 2.54. The van der Waals surface area contributed by atoms with Crippen LogP contribution in [-0.2, 0) is 12.6 Å². The summed E-state index contributed by atoms with van der Waals surface area (Å²) >= 11 is 0. The summed E-state index contributed by atoms with van der Waals surface area (Å²) in [4.78, 5) is 23.7. The molecule has 0 atom stereocenters. The molecule has 0 aromatic heterocycles. The number of carbonyl (C=O) groups is 2. The van der Waals surface area contributed by atoms with Crippen LogP contribution in [0, 0.1) is 5.82 Å². The van der Waals surface area contributed by atoms with Crippen LogP contribution in [0.1, 0.15) is 35.3 Å². The maximum Gasteiger partial charge on any atom is 0.417 e. The number of amides is 3. The molecular weight excluding hydrogens is 390 g/mol. The number of urea groups is 1. The van der Waals surface area contributed by atoms with Crippen molar-refractivity contribution in [3.8, 4) is 0 Å². The Morgan fingerprint density at radius 2 is 1.69 bits per heavy atom. The SMILES string of the molecule is CC(C)NC(=O)NCCc1ccc(NC(=O)c2cc(F)ccc2C(F)(F)F)cc1. The zero-order valence-corrected chi connectivity index (χ0v) is 15.9. The molecule has 0 saturated heterocycles. The Morgan fingerprint density at radius 1 is 1.03 bits per heavy atom. The highest BCUT2D eigenvalue weighted by Gasteiger charge is 2.35. The molecule has 9 heteroatoms. The van der Waals surface area contributed by atoms with E-state index < -0.39 is 29.0 Å². The van der Waals surface area contributed by atoms with Crippen molar-refractivity contribution in [1.82, 2.24) is 10.6 Å². The van der Waals surface area contributed by atoms with E-state index in [1.807, 2.05) is 13.8 Å². The summed E-state index contributed by atoms with van der Waals surface area (Å²) in [6.07, 6.45) is -4.25. The van der Waals surface area contributed by atoms with Crippen molar-refractivity contribution >= 4 is 17.6 Å². The molecule has 29 heavy (non-hydrogen) atoms. The van der Waals surface area contributed by atoms with E-state index in [4.69, 9.17) is 0 Å². The van der Waals surface area contributed by atoms with E-state index in [1.54, 1.807) is 12.1 Å². The molecular formula is C20H21F4N3O2. The third kappa shape index (κ3) is 6.78. The minimum atomic E-state index is -4.78. The summed E-state index contributed by atoms with van der Waals surface area (Å²) in [5.74, 6) is -2.00. The second-order valence-electron chi connectivity index (χ2n) is 6.64. The first kappa shape index (κ1) is 22.2. The number of nitrogens with one attached hydrogen (secondary N) is 3. The predicted octanol–water partition coefficient (Wildman–Crippen LogP) is 4.35. The fraction of sp³-hybridized carbons (Fsp3) is 0.300. The van der Waals surface area contributed by atoms with Crippen molar-refractivity contribution in [2.24, 2.45) is 0 Å². The molecule has 3 amide bonds. The Labute approximate surface area is 165 Å². The number of alkyl halides is 3. The van der Waals surface area contributed by atoms with E-state index in [0.717, 1.165) is 5.56 Å². The lowest BCUT2D eigenvalue weighted by Crippen LogP contribution is -2.40. The van der Waals surface area contributed by atoms with Crippen LogP contribution in [0.15, 0.2) is 42.5 Å². The van der Waals surface area contributed by atoms with Crippen LogP contribution < -0.4 is 16.0 Å². The van der Waals surface area contributed by atoms with Gasteiger partial charge in [0.1, 0.15) is 5.82 Å². The van der Waals surface area contributed by atoms with Gasteiger partial charge in [-0.1, -0.05) is 12.1 Å². The van der Waals surface area contributed by atoms with Crippen LogP contribution >= 0.6 is 0 Å². The molecule has 0 heterocycles. The molecule has 0 aliphatic rings. The second-order valence-corrected chi connectivity index (χ2v) is 6.64. The van der Waals surface area contributed by atoms with Gasteiger partial charge < -0.3 is 16.0 Å². The number of hydrogen-bond acceptors (Lipinski definition) is 2. The average Bonchev–Trinajstić information content (AvgIpc) is 2.61.